The van der Waals surface area contributed by atoms with Gasteiger partial charge in [0.05, 0.1) is 7.11 Å². The second-order valence-electron chi connectivity index (χ2n) is 5.08. The summed E-state index contributed by atoms with van der Waals surface area (Å²) in [4.78, 5) is 0. The van der Waals surface area contributed by atoms with Gasteiger partial charge in [-0.15, -0.1) is 11.8 Å². The second kappa shape index (κ2) is 7.08. The van der Waals surface area contributed by atoms with Crippen LogP contribution in [0.4, 0.5) is 0 Å². The fourth-order valence-electron chi connectivity index (χ4n) is 2.46. The Labute approximate surface area is 140 Å². The number of hydrogen-bond acceptors (Lipinski definition) is 2. The molecule has 0 aromatic heterocycles. The van der Waals surface area contributed by atoms with E-state index in [0.717, 1.165) is 33.9 Å². The molecule has 1 aliphatic rings. The number of halogens is 1. The van der Waals surface area contributed by atoms with Crippen LogP contribution in [0.1, 0.15) is 12.0 Å². The van der Waals surface area contributed by atoms with E-state index in [-0.39, 0.29) is 0 Å². The Balaban J connectivity index is 1.94. The third-order valence-electron chi connectivity index (χ3n) is 3.61. The highest BCUT2D eigenvalue weighted by molar-refractivity contribution is 8.03. The van der Waals surface area contributed by atoms with Crippen molar-refractivity contribution >= 4 is 29.4 Å². The lowest BCUT2D eigenvalue weighted by molar-refractivity contribution is 0.416. The molecule has 2 aromatic carbocycles. The lowest BCUT2D eigenvalue weighted by Gasteiger charge is -2.11. The normalized spacial score (nSPS) is 17.3. The Hall–Kier alpha value is -1.64. The van der Waals surface area contributed by atoms with Crippen LogP contribution in [0.5, 0.6) is 5.75 Å². The summed E-state index contributed by atoms with van der Waals surface area (Å²) in [7, 11) is 1.69. The first-order valence-electron chi connectivity index (χ1n) is 7.19. The van der Waals surface area contributed by atoms with Gasteiger partial charge in [-0.1, -0.05) is 54.1 Å². The largest absolute Gasteiger partial charge is 0.496 e. The van der Waals surface area contributed by atoms with Crippen LogP contribution < -0.4 is 4.74 Å². The maximum atomic E-state index is 6.34. The molecule has 0 aliphatic carbocycles. The number of allylic oxidation sites excluding steroid dienone is 1. The topological polar surface area (TPSA) is 9.23 Å². The van der Waals surface area contributed by atoms with Crippen molar-refractivity contribution in [2.24, 2.45) is 0 Å². The van der Waals surface area contributed by atoms with E-state index >= 15 is 0 Å². The van der Waals surface area contributed by atoms with Crippen LogP contribution in [0.2, 0.25) is 5.02 Å². The molecule has 1 atom stereocenters. The number of thioether (sulfide) groups is 1. The highest BCUT2D eigenvalue weighted by Gasteiger charge is 2.10. The average molecular weight is 329 g/mol. The van der Waals surface area contributed by atoms with Crippen LogP contribution >= 0.6 is 23.4 Å². The Bertz CT molecular complexity index is 713. The van der Waals surface area contributed by atoms with Gasteiger partial charge in [0.2, 0.25) is 0 Å². The van der Waals surface area contributed by atoms with Gasteiger partial charge in [-0.25, -0.2) is 0 Å². The molecule has 1 unspecified atom stereocenters. The van der Waals surface area contributed by atoms with E-state index in [1.807, 2.05) is 42.1 Å². The molecule has 1 aliphatic heterocycles. The molecule has 0 bridgehead atoms. The highest BCUT2D eigenvalue weighted by Crippen LogP contribution is 2.36. The lowest BCUT2D eigenvalue weighted by atomic mass is 10.0. The Morgan fingerprint density at radius 3 is 2.77 bits per heavy atom. The van der Waals surface area contributed by atoms with Gasteiger partial charge in [0.25, 0.3) is 0 Å². The second-order valence-corrected chi connectivity index (χ2v) is 6.64. The molecule has 112 valence electrons. The molecule has 22 heavy (non-hydrogen) atoms. The van der Waals surface area contributed by atoms with Crippen LogP contribution in [0.25, 0.3) is 17.2 Å². The van der Waals surface area contributed by atoms with E-state index in [1.54, 1.807) is 7.11 Å². The van der Waals surface area contributed by atoms with Gasteiger partial charge in [-0.05, 0) is 35.6 Å². The number of ether oxygens (including phenoxy) is 1. The van der Waals surface area contributed by atoms with Crippen LogP contribution in [0, 0.1) is 0 Å². The van der Waals surface area contributed by atoms with Crippen molar-refractivity contribution in [2.75, 3.05) is 7.11 Å². The van der Waals surface area contributed by atoms with Crippen molar-refractivity contribution in [3.05, 3.63) is 70.6 Å². The van der Waals surface area contributed by atoms with Crippen LogP contribution in [-0.4, -0.2) is 12.4 Å². The van der Waals surface area contributed by atoms with Gasteiger partial charge in [-0.2, -0.15) is 0 Å². The van der Waals surface area contributed by atoms with Gasteiger partial charge in [-0.3, -0.25) is 0 Å². The fraction of sp³-hybridized carbons (Fsp3) is 0.158. The fourth-order valence-corrected chi connectivity index (χ4v) is 3.52. The first-order chi connectivity index (χ1) is 10.8. The molecule has 3 rings (SSSR count). The zero-order valence-electron chi connectivity index (χ0n) is 12.3. The van der Waals surface area contributed by atoms with Crippen molar-refractivity contribution in [1.29, 1.82) is 0 Å². The molecular formula is C19H17ClOS. The third-order valence-corrected chi connectivity index (χ3v) is 4.99. The summed E-state index contributed by atoms with van der Waals surface area (Å²) in [6.07, 6.45) is 7.74. The van der Waals surface area contributed by atoms with E-state index in [4.69, 9.17) is 16.3 Å². The minimum Gasteiger partial charge on any atom is -0.496 e. The molecule has 3 heteroatoms. The number of benzene rings is 2. The minimum atomic E-state index is 0.547. The number of rotatable bonds is 4. The summed E-state index contributed by atoms with van der Waals surface area (Å²) >= 11 is 8.19. The third kappa shape index (κ3) is 3.40. The first kappa shape index (κ1) is 15.3. The van der Waals surface area contributed by atoms with E-state index in [0.29, 0.717) is 5.25 Å². The van der Waals surface area contributed by atoms with Crippen molar-refractivity contribution in [2.45, 2.75) is 11.7 Å². The van der Waals surface area contributed by atoms with Gasteiger partial charge in [0, 0.05) is 21.4 Å². The standard InChI is InChI=1S/C19H17ClOS/c1-21-19-11-9-14(8-10-15-5-4-12-22-15)13-17(19)16-6-2-3-7-18(16)20/h2-4,6-13,15H,5H2,1H3. The molecule has 1 nitrogen and oxygen atoms in total. The predicted octanol–water partition coefficient (Wildman–Crippen LogP) is 6.05. The molecule has 0 amide bonds. The highest BCUT2D eigenvalue weighted by atomic mass is 35.5. The molecular weight excluding hydrogens is 312 g/mol. The molecule has 0 spiro atoms. The maximum absolute atomic E-state index is 6.34. The molecule has 0 saturated carbocycles. The van der Waals surface area contributed by atoms with Crippen molar-refractivity contribution in [1.82, 2.24) is 0 Å². The summed E-state index contributed by atoms with van der Waals surface area (Å²) in [6.45, 7) is 0. The van der Waals surface area contributed by atoms with Crippen LogP contribution in [0.3, 0.4) is 0 Å². The van der Waals surface area contributed by atoms with E-state index in [2.05, 4.69) is 35.8 Å². The predicted molar refractivity (Wildman–Crippen MR) is 97.6 cm³/mol. The van der Waals surface area contributed by atoms with Crippen molar-refractivity contribution in [3.8, 4) is 16.9 Å². The summed E-state index contributed by atoms with van der Waals surface area (Å²) in [5.74, 6) is 0.835. The summed E-state index contributed by atoms with van der Waals surface area (Å²) < 4.78 is 5.49. The molecule has 0 saturated heterocycles. The van der Waals surface area contributed by atoms with Gasteiger partial charge < -0.3 is 4.74 Å². The zero-order chi connectivity index (χ0) is 15.4. The Morgan fingerprint density at radius 2 is 2.05 bits per heavy atom. The molecule has 0 radical (unpaired) electrons. The molecule has 2 aromatic rings. The number of methoxy groups -OCH3 is 1. The van der Waals surface area contributed by atoms with Crippen LogP contribution in [0.15, 0.2) is 60.0 Å². The van der Waals surface area contributed by atoms with E-state index in [1.165, 1.54) is 0 Å². The summed E-state index contributed by atoms with van der Waals surface area (Å²) in [5.41, 5.74) is 3.17. The monoisotopic (exact) mass is 328 g/mol. The number of hydrogen-bond donors (Lipinski definition) is 0. The Kier molecular flexibility index (Phi) is 4.91. The summed E-state index contributed by atoms with van der Waals surface area (Å²) in [5, 5.41) is 3.45. The maximum Gasteiger partial charge on any atom is 0.126 e. The van der Waals surface area contributed by atoms with Gasteiger partial charge in [0.1, 0.15) is 5.75 Å². The summed E-state index contributed by atoms with van der Waals surface area (Å²) in [6, 6.07) is 14.0. The smallest absolute Gasteiger partial charge is 0.126 e. The van der Waals surface area contributed by atoms with Gasteiger partial charge >= 0.3 is 0 Å². The first-order valence-corrected chi connectivity index (χ1v) is 8.51. The molecule has 0 N–H and O–H groups in total. The van der Waals surface area contributed by atoms with Gasteiger partial charge in [0.15, 0.2) is 0 Å². The molecule has 1 heterocycles. The van der Waals surface area contributed by atoms with Crippen molar-refractivity contribution in [3.63, 3.8) is 0 Å². The van der Waals surface area contributed by atoms with Crippen LogP contribution in [-0.2, 0) is 0 Å². The average Bonchev–Trinajstić information content (AvgIpc) is 3.06. The van der Waals surface area contributed by atoms with E-state index < -0.39 is 0 Å². The van der Waals surface area contributed by atoms with Crippen molar-refractivity contribution < 1.29 is 4.74 Å². The SMILES string of the molecule is COc1ccc(C=CC2CC=CS2)cc1-c1ccccc1Cl. The zero-order valence-corrected chi connectivity index (χ0v) is 13.9. The van der Waals surface area contributed by atoms with E-state index in [9.17, 15) is 0 Å². The minimum absolute atomic E-state index is 0.547. The molecule has 0 fully saturated rings. The lowest BCUT2D eigenvalue weighted by Crippen LogP contribution is -1.91. The quantitative estimate of drug-likeness (QED) is 0.675. The Morgan fingerprint density at radius 1 is 1.18 bits per heavy atom.